The molecular formula is C18H18N2OS2. The molecule has 0 bridgehead atoms. The lowest BCUT2D eigenvalue weighted by Crippen LogP contribution is -2.22. The summed E-state index contributed by atoms with van der Waals surface area (Å²) < 4.78 is 1.72. The van der Waals surface area contributed by atoms with Crippen LogP contribution in [0.15, 0.2) is 64.4 Å². The van der Waals surface area contributed by atoms with Gasteiger partial charge in [-0.15, -0.1) is 17.9 Å². The second-order valence-corrected chi connectivity index (χ2v) is 7.13. The molecule has 0 spiro atoms. The molecule has 0 N–H and O–H groups in total. The molecule has 0 unspecified atom stereocenters. The third-order valence-corrected chi connectivity index (χ3v) is 5.41. The van der Waals surface area contributed by atoms with Crippen LogP contribution in [0.1, 0.15) is 12.0 Å². The van der Waals surface area contributed by atoms with Crippen LogP contribution in [0.5, 0.6) is 0 Å². The molecule has 0 radical (unpaired) electrons. The average molecular weight is 342 g/mol. The molecule has 0 amide bonds. The van der Waals surface area contributed by atoms with Crippen molar-refractivity contribution in [3.63, 3.8) is 0 Å². The zero-order valence-corrected chi connectivity index (χ0v) is 14.4. The number of fused-ring (bicyclic) bond motifs is 1. The Hall–Kier alpha value is -1.85. The van der Waals surface area contributed by atoms with Crippen LogP contribution in [0.4, 0.5) is 0 Å². The van der Waals surface area contributed by atoms with Crippen molar-refractivity contribution >= 4 is 33.3 Å². The molecule has 2 heterocycles. The quantitative estimate of drug-likeness (QED) is 0.277. The predicted molar refractivity (Wildman–Crippen MR) is 99.6 cm³/mol. The molecular weight excluding hydrogens is 324 g/mol. The van der Waals surface area contributed by atoms with Crippen molar-refractivity contribution in [3.05, 3.63) is 70.4 Å². The van der Waals surface area contributed by atoms with Crippen molar-refractivity contribution in [3.8, 4) is 0 Å². The van der Waals surface area contributed by atoms with Gasteiger partial charge < -0.3 is 0 Å². The number of thioether (sulfide) groups is 1. The number of hydrogen-bond donors (Lipinski definition) is 0. The summed E-state index contributed by atoms with van der Waals surface area (Å²) in [6, 6.07) is 12.3. The Morgan fingerprint density at radius 3 is 2.87 bits per heavy atom. The molecule has 3 rings (SSSR count). The molecule has 2 aromatic heterocycles. The van der Waals surface area contributed by atoms with Gasteiger partial charge in [0.25, 0.3) is 5.56 Å². The van der Waals surface area contributed by atoms with Crippen molar-refractivity contribution in [2.75, 3.05) is 5.75 Å². The normalized spacial score (nSPS) is 11.0. The number of allylic oxidation sites excluding steroid dienone is 1. The van der Waals surface area contributed by atoms with Gasteiger partial charge in [0, 0.05) is 12.3 Å². The van der Waals surface area contributed by atoms with E-state index >= 15 is 0 Å². The van der Waals surface area contributed by atoms with E-state index in [1.54, 1.807) is 22.4 Å². The Morgan fingerprint density at radius 1 is 1.26 bits per heavy atom. The highest BCUT2D eigenvalue weighted by Crippen LogP contribution is 2.22. The predicted octanol–water partition coefficient (Wildman–Crippen LogP) is 4.37. The van der Waals surface area contributed by atoms with Crippen molar-refractivity contribution < 1.29 is 0 Å². The van der Waals surface area contributed by atoms with Gasteiger partial charge in [-0.1, -0.05) is 48.2 Å². The van der Waals surface area contributed by atoms with Gasteiger partial charge in [0.2, 0.25) is 0 Å². The molecule has 1 aromatic carbocycles. The molecule has 118 valence electrons. The topological polar surface area (TPSA) is 34.9 Å². The first-order chi connectivity index (χ1) is 11.3. The first kappa shape index (κ1) is 16.0. The van der Waals surface area contributed by atoms with Gasteiger partial charge in [0.05, 0.1) is 5.39 Å². The molecule has 0 aliphatic heterocycles. The molecule has 3 nitrogen and oxygen atoms in total. The lowest BCUT2D eigenvalue weighted by molar-refractivity contribution is 0.672. The Labute approximate surface area is 143 Å². The van der Waals surface area contributed by atoms with E-state index in [9.17, 15) is 4.79 Å². The summed E-state index contributed by atoms with van der Waals surface area (Å²) in [6.45, 7) is 4.25. The lowest BCUT2D eigenvalue weighted by atomic mass is 10.1. The highest BCUT2D eigenvalue weighted by molar-refractivity contribution is 7.99. The van der Waals surface area contributed by atoms with E-state index in [-0.39, 0.29) is 5.56 Å². The van der Waals surface area contributed by atoms with Gasteiger partial charge in [-0.05, 0) is 29.9 Å². The Kier molecular flexibility index (Phi) is 5.31. The van der Waals surface area contributed by atoms with Crippen LogP contribution in [0.25, 0.3) is 10.2 Å². The van der Waals surface area contributed by atoms with E-state index in [2.05, 4.69) is 35.8 Å². The number of rotatable bonds is 7. The molecule has 3 aromatic rings. The smallest absolute Gasteiger partial charge is 0.263 e. The number of thiophene rings is 1. The van der Waals surface area contributed by atoms with Crippen LogP contribution in [0, 0.1) is 0 Å². The Bertz CT molecular complexity index is 852. The zero-order chi connectivity index (χ0) is 16.1. The third-order valence-electron chi connectivity index (χ3n) is 3.54. The maximum absolute atomic E-state index is 12.5. The first-order valence-corrected chi connectivity index (χ1v) is 9.42. The van der Waals surface area contributed by atoms with Gasteiger partial charge in [-0.3, -0.25) is 9.36 Å². The van der Waals surface area contributed by atoms with Crippen molar-refractivity contribution in [2.24, 2.45) is 0 Å². The van der Waals surface area contributed by atoms with Gasteiger partial charge in [-0.25, -0.2) is 4.98 Å². The summed E-state index contributed by atoms with van der Waals surface area (Å²) in [4.78, 5) is 18.0. The van der Waals surface area contributed by atoms with Gasteiger partial charge in [-0.2, -0.15) is 0 Å². The van der Waals surface area contributed by atoms with E-state index in [0.717, 1.165) is 28.6 Å². The molecule has 5 heteroatoms. The molecule has 23 heavy (non-hydrogen) atoms. The average Bonchev–Trinajstić information content (AvgIpc) is 3.04. The minimum atomic E-state index is 0.0294. The standard InChI is InChI=1S/C18H18N2OS2/c1-2-11-20-17(21)15-10-13-22-16(15)19-18(20)23-12-6-9-14-7-4-3-5-8-14/h2-5,7-8,10,13H,1,6,9,11-12H2. The highest BCUT2D eigenvalue weighted by atomic mass is 32.2. The van der Waals surface area contributed by atoms with Gasteiger partial charge in [0.1, 0.15) is 4.83 Å². The van der Waals surface area contributed by atoms with E-state index in [1.807, 2.05) is 17.5 Å². The highest BCUT2D eigenvalue weighted by Gasteiger charge is 2.11. The number of aromatic nitrogens is 2. The van der Waals surface area contributed by atoms with Crippen LogP contribution < -0.4 is 5.56 Å². The molecule has 0 fully saturated rings. The second kappa shape index (κ2) is 7.62. The molecule has 0 aliphatic carbocycles. The fraction of sp³-hybridized carbons (Fsp3) is 0.222. The number of aryl methyl sites for hydroxylation is 1. The summed E-state index contributed by atoms with van der Waals surface area (Å²) in [5, 5.41) is 3.41. The summed E-state index contributed by atoms with van der Waals surface area (Å²) in [5.41, 5.74) is 1.37. The van der Waals surface area contributed by atoms with Crippen LogP contribution in [-0.4, -0.2) is 15.3 Å². The molecule has 0 atom stereocenters. The van der Waals surface area contributed by atoms with Crippen LogP contribution in [0.2, 0.25) is 0 Å². The molecule has 0 saturated heterocycles. The summed E-state index contributed by atoms with van der Waals surface area (Å²) in [7, 11) is 0. The Balaban J connectivity index is 1.72. The van der Waals surface area contributed by atoms with Crippen LogP contribution in [-0.2, 0) is 13.0 Å². The second-order valence-electron chi connectivity index (χ2n) is 5.18. The summed E-state index contributed by atoms with van der Waals surface area (Å²) >= 11 is 3.16. The third kappa shape index (κ3) is 3.74. The van der Waals surface area contributed by atoms with Gasteiger partial charge in [0.15, 0.2) is 5.16 Å². The number of benzene rings is 1. The molecule has 0 saturated carbocycles. The first-order valence-electron chi connectivity index (χ1n) is 7.55. The van der Waals surface area contributed by atoms with Crippen LogP contribution in [0.3, 0.4) is 0 Å². The summed E-state index contributed by atoms with van der Waals surface area (Å²) in [6.07, 6.45) is 3.84. The van der Waals surface area contributed by atoms with Crippen LogP contribution >= 0.6 is 23.1 Å². The minimum absolute atomic E-state index is 0.0294. The monoisotopic (exact) mass is 342 g/mol. The van der Waals surface area contributed by atoms with E-state index in [4.69, 9.17) is 0 Å². The zero-order valence-electron chi connectivity index (χ0n) is 12.8. The molecule has 0 aliphatic rings. The fourth-order valence-electron chi connectivity index (χ4n) is 2.41. The number of hydrogen-bond acceptors (Lipinski definition) is 4. The maximum atomic E-state index is 12.5. The van der Waals surface area contributed by atoms with Crippen molar-refractivity contribution in [1.29, 1.82) is 0 Å². The number of nitrogens with zero attached hydrogens (tertiary/aromatic N) is 2. The van der Waals surface area contributed by atoms with Crippen molar-refractivity contribution in [2.45, 2.75) is 24.5 Å². The SMILES string of the molecule is C=CCn1c(SCCCc2ccccc2)nc2sccc2c1=O. The largest absolute Gasteiger partial charge is 0.283 e. The van der Waals surface area contributed by atoms with Gasteiger partial charge >= 0.3 is 0 Å². The minimum Gasteiger partial charge on any atom is -0.283 e. The van der Waals surface area contributed by atoms with E-state index < -0.39 is 0 Å². The van der Waals surface area contributed by atoms with E-state index in [1.165, 1.54) is 16.9 Å². The van der Waals surface area contributed by atoms with E-state index in [0.29, 0.717) is 11.9 Å². The van der Waals surface area contributed by atoms with Crippen molar-refractivity contribution in [1.82, 2.24) is 9.55 Å². The lowest BCUT2D eigenvalue weighted by Gasteiger charge is -2.09. The maximum Gasteiger partial charge on any atom is 0.263 e. The fourth-order valence-corrected chi connectivity index (χ4v) is 4.17. The Morgan fingerprint density at radius 2 is 2.09 bits per heavy atom. The summed E-state index contributed by atoms with van der Waals surface area (Å²) in [5.74, 6) is 0.940.